The van der Waals surface area contributed by atoms with Crippen LogP contribution in [-0.4, -0.2) is 11.9 Å². The van der Waals surface area contributed by atoms with Crippen molar-refractivity contribution < 1.29 is 4.79 Å². The first-order valence-electron chi connectivity index (χ1n) is 5.40. The van der Waals surface area contributed by atoms with E-state index in [4.69, 9.17) is 0 Å². The van der Waals surface area contributed by atoms with E-state index >= 15 is 0 Å². The molecule has 1 amide bonds. The zero-order valence-corrected chi connectivity index (χ0v) is 10.1. The van der Waals surface area contributed by atoms with Gasteiger partial charge in [-0.2, -0.15) is 11.3 Å². The Morgan fingerprint density at radius 3 is 2.93 bits per heavy atom. The second-order valence-electron chi connectivity index (χ2n) is 5.09. The predicted molar refractivity (Wildman–Crippen MR) is 63.2 cm³/mol. The Bertz CT molecular complexity index is 343. The van der Waals surface area contributed by atoms with E-state index in [9.17, 15) is 4.79 Å². The molecular weight excluding hydrogens is 206 g/mol. The normalized spacial score (nSPS) is 24.0. The zero-order valence-electron chi connectivity index (χ0n) is 9.25. The third-order valence-electron chi connectivity index (χ3n) is 3.09. The summed E-state index contributed by atoms with van der Waals surface area (Å²) in [4.78, 5) is 11.8. The Balaban J connectivity index is 1.91. The largest absolute Gasteiger partial charge is 0.349 e. The second kappa shape index (κ2) is 3.97. The van der Waals surface area contributed by atoms with E-state index in [-0.39, 0.29) is 5.91 Å². The van der Waals surface area contributed by atoms with Crippen LogP contribution in [0.3, 0.4) is 0 Å². The van der Waals surface area contributed by atoms with Crippen LogP contribution in [0.4, 0.5) is 0 Å². The van der Waals surface area contributed by atoms with Crippen molar-refractivity contribution in [1.29, 1.82) is 0 Å². The predicted octanol–water partition coefficient (Wildman–Crippen LogP) is 3.06. The number of carbonyl (C=O) groups is 1. The summed E-state index contributed by atoms with van der Waals surface area (Å²) in [6.45, 7) is 4.54. The lowest BCUT2D eigenvalue weighted by atomic mass is 9.92. The summed E-state index contributed by atoms with van der Waals surface area (Å²) in [7, 11) is 0. The molecule has 15 heavy (non-hydrogen) atoms. The highest BCUT2D eigenvalue weighted by molar-refractivity contribution is 7.08. The van der Waals surface area contributed by atoms with Crippen molar-refractivity contribution in [2.45, 2.75) is 39.2 Å². The molecule has 2 nitrogen and oxygen atoms in total. The summed E-state index contributed by atoms with van der Waals surface area (Å²) in [6.07, 6.45) is 3.42. The Hall–Kier alpha value is -0.830. The van der Waals surface area contributed by atoms with Crippen LogP contribution in [0.2, 0.25) is 0 Å². The molecule has 0 aromatic carbocycles. The Morgan fingerprint density at radius 1 is 1.60 bits per heavy atom. The van der Waals surface area contributed by atoms with Crippen LogP contribution >= 0.6 is 11.3 Å². The standard InChI is InChI=1S/C12H17NOS/c1-12(2)5-3-10(7-12)13-11(14)9-4-6-15-8-9/h4,6,8,10H,3,5,7H2,1-2H3,(H,13,14). The lowest BCUT2D eigenvalue weighted by Gasteiger charge is -2.17. The molecule has 1 fully saturated rings. The molecule has 3 heteroatoms. The zero-order chi connectivity index (χ0) is 10.9. The highest BCUT2D eigenvalue weighted by atomic mass is 32.1. The van der Waals surface area contributed by atoms with Crippen molar-refractivity contribution in [3.05, 3.63) is 22.4 Å². The Morgan fingerprint density at radius 2 is 2.40 bits per heavy atom. The molecule has 82 valence electrons. The van der Waals surface area contributed by atoms with E-state index < -0.39 is 0 Å². The summed E-state index contributed by atoms with van der Waals surface area (Å²) in [5, 5.41) is 6.94. The van der Waals surface area contributed by atoms with Crippen LogP contribution < -0.4 is 5.32 Å². The van der Waals surface area contributed by atoms with E-state index in [1.807, 2.05) is 16.8 Å². The fourth-order valence-corrected chi connectivity index (χ4v) is 2.86. The molecule has 1 aliphatic rings. The fourth-order valence-electron chi connectivity index (χ4n) is 2.22. The van der Waals surface area contributed by atoms with Crippen molar-refractivity contribution in [3.63, 3.8) is 0 Å². The minimum atomic E-state index is 0.0824. The lowest BCUT2D eigenvalue weighted by Crippen LogP contribution is -2.33. The monoisotopic (exact) mass is 223 g/mol. The number of nitrogens with one attached hydrogen (secondary N) is 1. The highest BCUT2D eigenvalue weighted by Gasteiger charge is 2.31. The van der Waals surface area contributed by atoms with Crippen molar-refractivity contribution in [2.24, 2.45) is 5.41 Å². The van der Waals surface area contributed by atoms with Gasteiger partial charge in [-0.1, -0.05) is 13.8 Å². The third-order valence-corrected chi connectivity index (χ3v) is 3.77. The quantitative estimate of drug-likeness (QED) is 0.820. The van der Waals surface area contributed by atoms with Gasteiger partial charge in [-0.15, -0.1) is 0 Å². The van der Waals surface area contributed by atoms with Gasteiger partial charge in [0.1, 0.15) is 0 Å². The molecule has 0 saturated heterocycles. The fraction of sp³-hybridized carbons (Fsp3) is 0.583. The van der Waals surface area contributed by atoms with Crippen LogP contribution in [0.25, 0.3) is 0 Å². The van der Waals surface area contributed by atoms with Crippen LogP contribution in [0.15, 0.2) is 16.8 Å². The van der Waals surface area contributed by atoms with Gasteiger partial charge in [0.15, 0.2) is 0 Å². The number of rotatable bonds is 2. The molecule has 0 spiro atoms. The summed E-state index contributed by atoms with van der Waals surface area (Å²) in [6, 6.07) is 2.24. The summed E-state index contributed by atoms with van der Waals surface area (Å²) >= 11 is 1.56. The van der Waals surface area contributed by atoms with E-state index in [0.717, 1.165) is 18.4 Å². The van der Waals surface area contributed by atoms with Crippen molar-refractivity contribution >= 4 is 17.2 Å². The lowest BCUT2D eigenvalue weighted by molar-refractivity contribution is 0.0936. The average molecular weight is 223 g/mol. The highest BCUT2D eigenvalue weighted by Crippen LogP contribution is 2.36. The van der Waals surface area contributed by atoms with Gasteiger partial charge in [-0.3, -0.25) is 4.79 Å². The number of carbonyl (C=O) groups excluding carboxylic acids is 1. The first kappa shape index (κ1) is 10.7. The maximum atomic E-state index is 11.8. The number of amides is 1. The molecule has 1 aliphatic carbocycles. The van der Waals surface area contributed by atoms with Crippen molar-refractivity contribution in [2.75, 3.05) is 0 Å². The number of hydrogen-bond acceptors (Lipinski definition) is 2. The van der Waals surface area contributed by atoms with E-state index in [1.165, 1.54) is 6.42 Å². The van der Waals surface area contributed by atoms with Crippen LogP contribution in [0.1, 0.15) is 43.5 Å². The number of hydrogen-bond donors (Lipinski definition) is 1. The van der Waals surface area contributed by atoms with Gasteiger partial charge >= 0.3 is 0 Å². The molecule has 1 saturated carbocycles. The molecule has 1 heterocycles. The van der Waals surface area contributed by atoms with Crippen molar-refractivity contribution in [3.8, 4) is 0 Å². The Kier molecular flexibility index (Phi) is 2.83. The van der Waals surface area contributed by atoms with Crippen molar-refractivity contribution in [1.82, 2.24) is 5.32 Å². The van der Waals surface area contributed by atoms with Gasteiger partial charge in [0.2, 0.25) is 0 Å². The molecule has 2 rings (SSSR count). The Labute approximate surface area is 94.7 Å². The van der Waals surface area contributed by atoms with Gasteiger partial charge in [0, 0.05) is 17.0 Å². The first-order chi connectivity index (χ1) is 7.07. The molecule has 0 radical (unpaired) electrons. The van der Waals surface area contributed by atoms with E-state index in [2.05, 4.69) is 19.2 Å². The maximum Gasteiger partial charge on any atom is 0.252 e. The summed E-state index contributed by atoms with van der Waals surface area (Å²) in [5.41, 5.74) is 1.19. The molecular formula is C12H17NOS. The molecule has 1 N–H and O–H groups in total. The van der Waals surface area contributed by atoms with E-state index in [0.29, 0.717) is 11.5 Å². The summed E-state index contributed by atoms with van der Waals surface area (Å²) < 4.78 is 0. The van der Waals surface area contributed by atoms with Gasteiger partial charge < -0.3 is 5.32 Å². The molecule has 1 aromatic rings. The van der Waals surface area contributed by atoms with Gasteiger partial charge in [0.25, 0.3) is 5.91 Å². The van der Waals surface area contributed by atoms with Crippen LogP contribution in [0.5, 0.6) is 0 Å². The maximum absolute atomic E-state index is 11.8. The topological polar surface area (TPSA) is 29.1 Å². The molecule has 1 unspecified atom stereocenters. The minimum Gasteiger partial charge on any atom is -0.349 e. The first-order valence-corrected chi connectivity index (χ1v) is 6.34. The molecule has 0 aliphatic heterocycles. The molecule has 1 atom stereocenters. The number of thiophene rings is 1. The van der Waals surface area contributed by atoms with Gasteiger partial charge in [0.05, 0.1) is 0 Å². The van der Waals surface area contributed by atoms with Gasteiger partial charge in [-0.05, 0) is 36.1 Å². The van der Waals surface area contributed by atoms with Crippen LogP contribution in [0, 0.1) is 5.41 Å². The van der Waals surface area contributed by atoms with E-state index in [1.54, 1.807) is 11.3 Å². The molecule has 0 bridgehead atoms. The second-order valence-corrected chi connectivity index (χ2v) is 5.87. The SMILES string of the molecule is CC1(C)CCC(NC(=O)c2ccsc2)C1. The molecule has 1 aromatic heterocycles. The smallest absolute Gasteiger partial charge is 0.252 e. The third kappa shape index (κ3) is 2.59. The average Bonchev–Trinajstić information content (AvgIpc) is 2.74. The minimum absolute atomic E-state index is 0.0824. The van der Waals surface area contributed by atoms with Crippen LogP contribution in [-0.2, 0) is 0 Å². The summed E-state index contributed by atoms with van der Waals surface area (Å²) in [5.74, 6) is 0.0824. The van der Waals surface area contributed by atoms with Gasteiger partial charge in [-0.25, -0.2) is 0 Å².